The van der Waals surface area contributed by atoms with Gasteiger partial charge < -0.3 is 10.0 Å². The van der Waals surface area contributed by atoms with E-state index in [1.54, 1.807) is 18.6 Å². The van der Waals surface area contributed by atoms with Crippen molar-refractivity contribution in [3.8, 4) is 0 Å². The summed E-state index contributed by atoms with van der Waals surface area (Å²) in [5.41, 5.74) is 0.918. The fourth-order valence-electron chi connectivity index (χ4n) is 3.70. The van der Waals surface area contributed by atoms with Crippen LogP contribution in [0, 0.1) is 11.8 Å². The minimum absolute atomic E-state index is 0.174. The zero-order valence-electron chi connectivity index (χ0n) is 14.5. The van der Waals surface area contributed by atoms with Crippen molar-refractivity contribution < 1.29 is 9.90 Å². The number of likely N-dealkylation sites (tertiary alicyclic amines) is 2. The SMILES string of the molecule is CC1CCN(C(=O)CCN2C[C@@H](Cc3cnccn3)[C@H](O)C2)CC1. The lowest BCUT2D eigenvalue weighted by atomic mass is 9.99. The number of piperidine rings is 1. The quantitative estimate of drug-likeness (QED) is 0.870. The van der Waals surface area contributed by atoms with Crippen molar-refractivity contribution in [2.24, 2.45) is 11.8 Å². The van der Waals surface area contributed by atoms with E-state index in [0.29, 0.717) is 13.0 Å². The predicted octanol–water partition coefficient (Wildman–Crippen LogP) is 0.960. The molecule has 0 bridgehead atoms. The van der Waals surface area contributed by atoms with Gasteiger partial charge in [0.15, 0.2) is 0 Å². The summed E-state index contributed by atoms with van der Waals surface area (Å²) in [4.78, 5) is 24.9. The van der Waals surface area contributed by atoms with Gasteiger partial charge in [0.25, 0.3) is 0 Å². The summed E-state index contributed by atoms with van der Waals surface area (Å²) in [5.74, 6) is 1.17. The molecule has 2 fully saturated rings. The molecule has 6 heteroatoms. The topological polar surface area (TPSA) is 69.6 Å². The molecule has 2 aliphatic rings. The van der Waals surface area contributed by atoms with Crippen LogP contribution in [0.4, 0.5) is 0 Å². The van der Waals surface area contributed by atoms with Gasteiger partial charge in [0, 0.05) is 63.7 Å². The third kappa shape index (κ3) is 4.51. The van der Waals surface area contributed by atoms with Crippen molar-refractivity contribution in [3.63, 3.8) is 0 Å². The Kier molecular flexibility index (Phi) is 5.79. The molecular formula is C18H28N4O2. The fourth-order valence-corrected chi connectivity index (χ4v) is 3.70. The standard InChI is InChI=1S/C18H28N4O2/c1-14-2-8-22(9-3-14)18(24)4-7-21-12-15(17(23)13-21)10-16-11-19-5-6-20-16/h5-6,11,14-15,17,23H,2-4,7-10,12-13H2,1H3/t15-,17-/m1/s1. The highest BCUT2D eigenvalue weighted by molar-refractivity contribution is 5.76. The Balaban J connectivity index is 1.43. The summed E-state index contributed by atoms with van der Waals surface area (Å²) >= 11 is 0. The molecule has 132 valence electrons. The first kappa shape index (κ1) is 17.3. The second kappa shape index (κ2) is 8.03. The minimum Gasteiger partial charge on any atom is -0.391 e. The molecule has 3 heterocycles. The highest BCUT2D eigenvalue weighted by Crippen LogP contribution is 2.21. The van der Waals surface area contributed by atoms with Crippen LogP contribution in [-0.4, -0.2) is 69.6 Å². The Labute approximate surface area is 143 Å². The first-order valence-corrected chi connectivity index (χ1v) is 9.05. The summed E-state index contributed by atoms with van der Waals surface area (Å²) in [7, 11) is 0. The number of nitrogens with zero attached hydrogens (tertiary/aromatic N) is 4. The van der Waals surface area contributed by atoms with Crippen LogP contribution in [0.5, 0.6) is 0 Å². The molecule has 1 amide bonds. The van der Waals surface area contributed by atoms with E-state index < -0.39 is 0 Å². The molecule has 2 saturated heterocycles. The molecule has 0 radical (unpaired) electrons. The van der Waals surface area contributed by atoms with Gasteiger partial charge in [-0.05, 0) is 25.2 Å². The first-order valence-electron chi connectivity index (χ1n) is 9.05. The van der Waals surface area contributed by atoms with Crippen molar-refractivity contribution in [3.05, 3.63) is 24.3 Å². The van der Waals surface area contributed by atoms with Gasteiger partial charge in [-0.15, -0.1) is 0 Å². The number of rotatable bonds is 5. The van der Waals surface area contributed by atoms with Crippen LogP contribution >= 0.6 is 0 Å². The van der Waals surface area contributed by atoms with Crippen LogP contribution < -0.4 is 0 Å². The third-order valence-electron chi connectivity index (χ3n) is 5.35. The predicted molar refractivity (Wildman–Crippen MR) is 91.3 cm³/mol. The molecule has 2 atom stereocenters. The van der Waals surface area contributed by atoms with E-state index in [4.69, 9.17) is 0 Å². The van der Waals surface area contributed by atoms with Crippen molar-refractivity contribution in [2.75, 3.05) is 32.7 Å². The molecule has 0 aromatic carbocycles. The van der Waals surface area contributed by atoms with Crippen molar-refractivity contribution in [2.45, 2.75) is 38.7 Å². The van der Waals surface area contributed by atoms with Crippen LogP contribution in [0.25, 0.3) is 0 Å². The van der Waals surface area contributed by atoms with Gasteiger partial charge in [-0.1, -0.05) is 6.92 Å². The molecule has 0 saturated carbocycles. The monoisotopic (exact) mass is 332 g/mol. The second-order valence-electron chi connectivity index (χ2n) is 7.30. The highest BCUT2D eigenvalue weighted by atomic mass is 16.3. The zero-order chi connectivity index (χ0) is 16.9. The van der Waals surface area contributed by atoms with Gasteiger partial charge in [0.2, 0.25) is 5.91 Å². The van der Waals surface area contributed by atoms with Crippen LogP contribution in [0.15, 0.2) is 18.6 Å². The van der Waals surface area contributed by atoms with Crippen LogP contribution in [0.1, 0.15) is 31.9 Å². The number of aromatic nitrogens is 2. The number of hydrogen-bond acceptors (Lipinski definition) is 5. The van der Waals surface area contributed by atoms with Crippen molar-refractivity contribution in [1.82, 2.24) is 19.8 Å². The van der Waals surface area contributed by atoms with Gasteiger partial charge in [0.1, 0.15) is 0 Å². The zero-order valence-corrected chi connectivity index (χ0v) is 14.5. The number of hydrogen-bond donors (Lipinski definition) is 1. The maximum atomic E-state index is 12.3. The minimum atomic E-state index is -0.349. The molecule has 2 aliphatic heterocycles. The average Bonchev–Trinajstić information content (AvgIpc) is 2.94. The Morgan fingerprint density at radius 1 is 1.29 bits per heavy atom. The smallest absolute Gasteiger partial charge is 0.223 e. The van der Waals surface area contributed by atoms with E-state index in [2.05, 4.69) is 21.8 Å². The summed E-state index contributed by atoms with van der Waals surface area (Å²) < 4.78 is 0. The molecule has 0 spiro atoms. The molecule has 0 unspecified atom stereocenters. The Morgan fingerprint density at radius 2 is 2.08 bits per heavy atom. The van der Waals surface area contributed by atoms with Gasteiger partial charge in [-0.3, -0.25) is 19.7 Å². The second-order valence-corrected chi connectivity index (χ2v) is 7.30. The lowest BCUT2D eigenvalue weighted by molar-refractivity contribution is -0.132. The largest absolute Gasteiger partial charge is 0.391 e. The average molecular weight is 332 g/mol. The first-order chi connectivity index (χ1) is 11.6. The number of aliphatic hydroxyl groups is 1. The van der Waals surface area contributed by atoms with Gasteiger partial charge in [-0.2, -0.15) is 0 Å². The Hall–Kier alpha value is -1.53. The lowest BCUT2D eigenvalue weighted by Crippen LogP contribution is -2.39. The number of β-amino-alcohol motifs (C(OH)–C–C–N with tert-alkyl or cyclic N) is 1. The molecule has 0 aliphatic carbocycles. The lowest BCUT2D eigenvalue weighted by Gasteiger charge is -2.30. The van der Waals surface area contributed by atoms with Crippen LogP contribution in [-0.2, 0) is 11.2 Å². The van der Waals surface area contributed by atoms with Gasteiger partial charge in [-0.25, -0.2) is 0 Å². The Bertz CT molecular complexity index is 531. The van der Waals surface area contributed by atoms with Crippen molar-refractivity contribution >= 4 is 5.91 Å². The summed E-state index contributed by atoms with van der Waals surface area (Å²) in [6.07, 6.45) is 8.29. The molecule has 1 aromatic rings. The maximum absolute atomic E-state index is 12.3. The third-order valence-corrected chi connectivity index (χ3v) is 5.35. The molecule has 24 heavy (non-hydrogen) atoms. The van der Waals surface area contributed by atoms with E-state index in [1.165, 1.54) is 0 Å². The van der Waals surface area contributed by atoms with E-state index >= 15 is 0 Å². The van der Waals surface area contributed by atoms with E-state index in [9.17, 15) is 9.90 Å². The number of aliphatic hydroxyl groups excluding tert-OH is 1. The molecule has 1 N–H and O–H groups in total. The van der Waals surface area contributed by atoms with Gasteiger partial charge >= 0.3 is 0 Å². The highest BCUT2D eigenvalue weighted by Gasteiger charge is 2.32. The summed E-state index contributed by atoms with van der Waals surface area (Å²) in [5, 5.41) is 10.3. The summed E-state index contributed by atoms with van der Waals surface area (Å²) in [6, 6.07) is 0. The molecule has 3 rings (SSSR count). The molecule has 6 nitrogen and oxygen atoms in total. The summed E-state index contributed by atoms with van der Waals surface area (Å²) in [6.45, 7) is 6.26. The Morgan fingerprint density at radius 3 is 2.79 bits per heavy atom. The molecular weight excluding hydrogens is 304 g/mol. The normalized spacial score (nSPS) is 26.0. The van der Waals surface area contributed by atoms with Gasteiger partial charge in [0.05, 0.1) is 11.8 Å². The van der Waals surface area contributed by atoms with Crippen LogP contribution in [0.3, 0.4) is 0 Å². The fraction of sp³-hybridized carbons (Fsp3) is 0.722. The number of carbonyl (C=O) groups is 1. The van der Waals surface area contributed by atoms with E-state index in [0.717, 1.165) is 57.1 Å². The van der Waals surface area contributed by atoms with Crippen LogP contribution in [0.2, 0.25) is 0 Å². The van der Waals surface area contributed by atoms with E-state index in [-0.39, 0.29) is 17.9 Å². The molecule has 1 aromatic heterocycles. The number of amides is 1. The van der Waals surface area contributed by atoms with Crippen molar-refractivity contribution in [1.29, 1.82) is 0 Å². The maximum Gasteiger partial charge on any atom is 0.223 e. The van der Waals surface area contributed by atoms with E-state index in [1.807, 2.05) is 4.90 Å². The number of carbonyl (C=O) groups excluding carboxylic acids is 1.